The highest BCUT2D eigenvalue weighted by Gasteiger charge is 2.31. The summed E-state index contributed by atoms with van der Waals surface area (Å²) >= 11 is 0. The van der Waals surface area contributed by atoms with E-state index in [1.807, 2.05) is 0 Å². The number of benzene rings is 1. The lowest BCUT2D eigenvalue weighted by Crippen LogP contribution is -2.49. The average Bonchev–Trinajstić information content (AvgIpc) is 2.58. The lowest BCUT2D eigenvalue weighted by atomic mass is 10.1. The number of aliphatic hydroxyl groups is 1. The van der Waals surface area contributed by atoms with Crippen molar-refractivity contribution in [2.24, 2.45) is 0 Å². The third-order valence-corrected chi connectivity index (χ3v) is 3.60. The molecule has 24 heavy (non-hydrogen) atoms. The van der Waals surface area contributed by atoms with Crippen LogP contribution in [0.5, 0.6) is 0 Å². The number of amides is 2. The Hall–Kier alpha value is -2.45. The third kappa shape index (κ3) is 4.53. The van der Waals surface area contributed by atoms with Crippen LogP contribution in [0.25, 0.3) is 0 Å². The molecule has 1 aliphatic heterocycles. The first-order valence-corrected chi connectivity index (χ1v) is 7.54. The van der Waals surface area contributed by atoms with Crippen molar-refractivity contribution < 1.29 is 29.0 Å². The number of carbonyl (C=O) groups is 3. The predicted octanol–water partition coefficient (Wildman–Crippen LogP) is 0.0215. The molecule has 1 atom stereocenters. The SMILES string of the molecule is COC(=O)c1ccc(NC(=O)CC2OCCN(CCO)C2=O)cc1. The molecule has 0 aliphatic carbocycles. The molecule has 2 rings (SSSR count). The fourth-order valence-corrected chi connectivity index (χ4v) is 2.37. The molecule has 0 radical (unpaired) electrons. The number of methoxy groups -OCH3 is 1. The van der Waals surface area contributed by atoms with Gasteiger partial charge in [0.15, 0.2) is 0 Å². The second-order valence-corrected chi connectivity index (χ2v) is 5.23. The number of β-amino-alcohol motifs (C(OH)–C–C–N with tert-alkyl or cyclic N) is 1. The molecule has 1 saturated heterocycles. The summed E-state index contributed by atoms with van der Waals surface area (Å²) in [6.07, 6.45) is -0.959. The molecule has 1 aromatic carbocycles. The summed E-state index contributed by atoms with van der Waals surface area (Å²) < 4.78 is 9.94. The molecule has 8 nitrogen and oxygen atoms in total. The Balaban J connectivity index is 1.90. The first-order chi connectivity index (χ1) is 11.5. The number of carbonyl (C=O) groups excluding carboxylic acids is 3. The molecule has 130 valence electrons. The van der Waals surface area contributed by atoms with E-state index in [2.05, 4.69) is 10.1 Å². The van der Waals surface area contributed by atoms with Crippen molar-refractivity contribution in [1.82, 2.24) is 4.90 Å². The van der Waals surface area contributed by atoms with Gasteiger partial charge in [-0.15, -0.1) is 0 Å². The molecule has 0 spiro atoms. The van der Waals surface area contributed by atoms with Gasteiger partial charge in [-0.3, -0.25) is 9.59 Å². The van der Waals surface area contributed by atoms with Crippen molar-refractivity contribution in [1.29, 1.82) is 0 Å². The average molecular weight is 336 g/mol. The van der Waals surface area contributed by atoms with Gasteiger partial charge in [0.05, 0.1) is 32.3 Å². The van der Waals surface area contributed by atoms with E-state index in [4.69, 9.17) is 9.84 Å². The number of rotatable bonds is 6. The molecule has 1 heterocycles. The van der Waals surface area contributed by atoms with E-state index in [9.17, 15) is 14.4 Å². The number of nitrogens with zero attached hydrogens (tertiary/aromatic N) is 1. The van der Waals surface area contributed by atoms with Crippen molar-refractivity contribution in [3.05, 3.63) is 29.8 Å². The lowest BCUT2D eigenvalue weighted by Gasteiger charge is -2.31. The summed E-state index contributed by atoms with van der Waals surface area (Å²) in [4.78, 5) is 37.0. The Morgan fingerprint density at radius 2 is 2.08 bits per heavy atom. The zero-order valence-corrected chi connectivity index (χ0v) is 13.4. The van der Waals surface area contributed by atoms with Crippen LogP contribution in [0.15, 0.2) is 24.3 Å². The highest BCUT2D eigenvalue weighted by atomic mass is 16.5. The summed E-state index contributed by atoms with van der Waals surface area (Å²) in [6, 6.07) is 6.22. The van der Waals surface area contributed by atoms with Crippen molar-refractivity contribution >= 4 is 23.5 Å². The smallest absolute Gasteiger partial charge is 0.337 e. The van der Waals surface area contributed by atoms with E-state index < -0.39 is 12.1 Å². The van der Waals surface area contributed by atoms with Crippen LogP contribution in [0.1, 0.15) is 16.8 Å². The Morgan fingerprint density at radius 1 is 1.38 bits per heavy atom. The predicted molar refractivity (Wildman–Crippen MR) is 84.4 cm³/mol. The molecule has 2 N–H and O–H groups in total. The van der Waals surface area contributed by atoms with Crippen molar-refractivity contribution in [2.75, 3.05) is 38.7 Å². The van der Waals surface area contributed by atoms with Crippen LogP contribution in [-0.4, -0.2) is 67.3 Å². The molecule has 1 aliphatic rings. The molecule has 0 aromatic heterocycles. The minimum atomic E-state index is -0.848. The van der Waals surface area contributed by atoms with Gasteiger partial charge in [0.2, 0.25) is 5.91 Å². The molecular formula is C16H20N2O6. The van der Waals surface area contributed by atoms with Crippen LogP contribution in [0, 0.1) is 0 Å². The summed E-state index contributed by atoms with van der Waals surface area (Å²) in [7, 11) is 1.29. The van der Waals surface area contributed by atoms with E-state index in [1.165, 1.54) is 24.1 Å². The van der Waals surface area contributed by atoms with Gasteiger partial charge >= 0.3 is 5.97 Å². The maximum atomic E-state index is 12.1. The second kappa shape index (κ2) is 8.42. The van der Waals surface area contributed by atoms with Crippen molar-refractivity contribution in [2.45, 2.75) is 12.5 Å². The third-order valence-electron chi connectivity index (χ3n) is 3.60. The molecule has 1 fully saturated rings. The van der Waals surface area contributed by atoms with Crippen LogP contribution < -0.4 is 5.32 Å². The monoisotopic (exact) mass is 336 g/mol. The fraction of sp³-hybridized carbons (Fsp3) is 0.438. The van der Waals surface area contributed by atoms with Gasteiger partial charge < -0.3 is 24.8 Å². The van der Waals surface area contributed by atoms with Crippen LogP contribution >= 0.6 is 0 Å². The Kier molecular flexibility index (Phi) is 6.28. The van der Waals surface area contributed by atoms with Crippen molar-refractivity contribution in [3.63, 3.8) is 0 Å². The highest BCUT2D eigenvalue weighted by Crippen LogP contribution is 2.14. The number of morpholine rings is 1. The topological polar surface area (TPSA) is 105 Å². The van der Waals surface area contributed by atoms with Crippen LogP contribution in [0.4, 0.5) is 5.69 Å². The van der Waals surface area contributed by atoms with Gasteiger partial charge in [-0.1, -0.05) is 0 Å². The number of anilines is 1. The molecule has 8 heteroatoms. The van der Waals surface area contributed by atoms with Gasteiger partial charge in [0.1, 0.15) is 6.10 Å². The zero-order chi connectivity index (χ0) is 17.5. The Bertz CT molecular complexity index is 599. The van der Waals surface area contributed by atoms with Crippen LogP contribution in [-0.2, 0) is 19.1 Å². The normalized spacial score (nSPS) is 17.5. The first-order valence-electron chi connectivity index (χ1n) is 7.54. The van der Waals surface area contributed by atoms with Gasteiger partial charge in [0.25, 0.3) is 5.91 Å². The summed E-state index contributed by atoms with van der Waals surface area (Å²) in [5, 5.41) is 11.6. The standard InChI is InChI=1S/C16H20N2O6/c1-23-16(22)11-2-4-12(5-3-11)17-14(20)10-13-15(21)18(6-8-19)7-9-24-13/h2-5,13,19H,6-10H2,1H3,(H,17,20). The fourth-order valence-electron chi connectivity index (χ4n) is 2.37. The van der Waals surface area contributed by atoms with E-state index in [0.717, 1.165) is 0 Å². The minimum absolute atomic E-state index is 0.112. The van der Waals surface area contributed by atoms with E-state index in [-0.39, 0.29) is 31.4 Å². The maximum Gasteiger partial charge on any atom is 0.337 e. The molecular weight excluding hydrogens is 316 g/mol. The number of esters is 1. The van der Waals surface area contributed by atoms with Crippen LogP contribution in [0.2, 0.25) is 0 Å². The van der Waals surface area contributed by atoms with Gasteiger partial charge in [-0.05, 0) is 24.3 Å². The molecule has 2 amide bonds. The number of aliphatic hydroxyl groups excluding tert-OH is 1. The van der Waals surface area contributed by atoms with Gasteiger partial charge in [-0.25, -0.2) is 4.79 Å². The molecule has 1 aromatic rings. The number of ether oxygens (including phenoxy) is 2. The van der Waals surface area contributed by atoms with Crippen molar-refractivity contribution in [3.8, 4) is 0 Å². The largest absolute Gasteiger partial charge is 0.465 e. The number of nitrogens with one attached hydrogen (secondary N) is 1. The highest BCUT2D eigenvalue weighted by molar-refractivity contribution is 5.96. The first kappa shape index (κ1) is 17.9. The minimum Gasteiger partial charge on any atom is -0.465 e. The van der Waals surface area contributed by atoms with Gasteiger partial charge in [0, 0.05) is 18.8 Å². The molecule has 0 bridgehead atoms. The van der Waals surface area contributed by atoms with Crippen LogP contribution in [0.3, 0.4) is 0 Å². The molecule has 0 saturated carbocycles. The molecule has 1 unspecified atom stereocenters. The zero-order valence-electron chi connectivity index (χ0n) is 13.4. The summed E-state index contributed by atoms with van der Waals surface area (Å²) in [5.74, 6) is -1.13. The Morgan fingerprint density at radius 3 is 2.71 bits per heavy atom. The lowest BCUT2D eigenvalue weighted by molar-refractivity contribution is -0.155. The summed E-state index contributed by atoms with van der Waals surface area (Å²) in [6.45, 7) is 0.844. The van der Waals surface area contributed by atoms with E-state index in [1.54, 1.807) is 12.1 Å². The quantitative estimate of drug-likeness (QED) is 0.710. The number of hydrogen-bond acceptors (Lipinski definition) is 6. The van der Waals surface area contributed by atoms with E-state index in [0.29, 0.717) is 24.4 Å². The Labute approximate surface area is 139 Å². The maximum absolute atomic E-state index is 12.1. The number of hydrogen-bond donors (Lipinski definition) is 2. The van der Waals surface area contributed by atoms with Gasteiger partial charge in [-0.2, -0.15) is 0 Å². The van der Waals surface area contributed by atoms with E-state index >= 15 is 0 Å². The summed E-state index contributed by atoms with van der Waals surface area (Å²) in [5.41, 5.74) is 0.879. The second-order valence-electron chi connectivity index (χ2n) is 5.23.